The van der Waals surface area contributed by atoms with Crippen LogP contribution in [-0.4, -0.2) is 0 Å². The molecule has 0 atom stereocenters. The number of nitrogens with one attached hydrogen (secondary N) is 1. The molecule has 0 aliphatic heterocycles. The summed E-state index contributed by atoms with van der Waals surface area (Å²) in [5, 5.41) is 3.48. The van der Waals surface area contributed by atoms with Gasteiger partial charge in [-0.3, -0.25) is 0 Å². The monoisotopic (exact) mass is 331 g/mol. The molecule has 0 spiro atoms. The molecule has 2 aromatic carbocycles. The zero-order chi connectivity index (χ0) is 14.4. The van der Waals surface area contributed by atoms with Gasteiger partial charge in [-0.2, -0.15) is 0 Å². The SMILES string of the molecule is CC(C)Cc1ccc(CNCc2ccc(Br)cc2)cc1. The van der Waals surface area contributed by atoms with E-state index in [4.69, 9.17) is 0 Å². The van der Waals surface area contributed by atoms with Gasteiger partial charge < -0.3 is 5.32 Å². The zero-order valence-corrected chi connectivity index (χ0v) is 13.8. The molecule has 0 aliphatic carbocycles. The lowest BCUT2D eigenvalue weighted by molar-refractivity contribution is 0.646. The second-order valence-electron chi connectivity index (χ2n) is 5.64. The van der Waals surface area contributed by atoms with Crippen LogP contribution in [0.25, 0.3) is 0 Å². The molecule has 0 saturated carbocycles. The summed E-state index contributed by atoms with van der Waals surface area (Å²) in [5.74, 6) is 0.719. The molecule has 0 radical (unpaired) electrons. The molecule has 0 aromatic heterocycles. The average Bonchev–Trinajstić information content (AvgIpc) is 2.42. The van der Waals surface area contributed by atoms with E-state index in [1.165, 1.54) is 16.7 Å². The molecule has 0 aliphatic rings. The first kappa shape index (κ1) is 15.3. The van der Waals surface area contributed by atoms with E-state index in [2.05, 4.69) is 83.6 Å². The summed E-state index contributed by atoms with van der Waals surface area (Å²) in [6.45, 7) is 6.33. The Bertz CT molecular complexity index is 514. The third kappa shape index (κ3) is 5.10. The maximum absolute atomic E-state index is 3.48. The van der Waals surface area contributed by atoms with Gasteiger partial charge in [0.25, 0.3) is 0 Å². The predicted molar refractivity (Wildman–Crippen MR) is 89.7 cm³/mol. The standard InChI is InChI=1S/C18H22BrN/c1-14(2)11-15-3-5-16(6-4-15)12-20-13-17-7-9-18(19)10-8-17/h3-10,14,20H,11-13H2,1-2H3. The number of benzene rings is 2. The first-order valence-electron chi connectivity index (χ1n) is 7.16. The largest absolute Gasteiger partial charge is 0.309 e. The van der Waals surface area contributed by atoms with Gasteiger partial charge in [0.05, 0.1) is 0 Å². The summed E-state index contributed by atoms with van der Waals surface area (Å²) in [6, 6.07) is 17.4. The Morgan fingerprint density at radius 2 is 1.25 bits per heavy atom. The van der Waals surface area contributed by atoms with Gasteiger partial charge in [0.2, 0.25) is 0 Å². The van der Waals surface area contributed by atoms with Crippen molar-refractivity contribution in [3.63, 3.8) is 0 Å². The Morgan fingerprint density at radius 1 is 0.800 bits per heavy atom. The fourth-order valence-corrected chi connectivity index (χ4v) is 2.48. The van der Waals surface area contributed by atoms with Gasteiger partial charge in [-0.25, -0.2) is 0 Å². The lowest BCUT2D eigenvalue weighted by Crippen LogP contribution is -2.12. The van der Waals surface area contributed by atoms with Crippen molar-refractivity contribution in [1.29, 1.82) is 0 Å². The van der Waals surface area contributed by atoms with E-state index in [-0.39, 0.29) is 0 Å². The van der Waals surface area contributed by atoms with Crippen LogP contribution in [0.5, 0.6) is 0 Å². The van der Waals surface area contributed by atoms with Gasteiger partial charge in [0.15, 0.2) is 0 Å². The molecule has 2 rings (SSSR count). The van der Waals surface area contributed by atoms with E-state index < -0.39 is 0 Å². The van der Waals surface area contributed by atoms with Crippen molar-refractivity contribution in [2.75, 3.05) is 0 Å². The van der Waals surface area contributed by atoms with Gasteiger partial charge in [-0.05, 0) is 41.2 Å². The summed E-state index contributed by atoms with van der Waals surface area (Å²) in [6.07, 6.45) is 1.16. The van der Waals surface area contributed by atoms with E-state index in [0.717, 1.165) is 29.9 Å². The van der Waals surface area contributed by atoms with Crippen LogP contribution in [-0.2, 0) is 19.5 Å². The van der Waals surface area contributed by atoms with Crippen LogP contribution in [0.2, 0.25) is 0 Å². The molecular weight excluding hydrogens is 310 g/mol. The number of hydrogen-bond donors (Lipinski definition) is 1. The molecule has 1 N–H and O–H groups in total. The second-order valence-corrected chi connectivity index (χ2v) is 6.56. The van der Waals surface area contributed by atoms with Crippen molar-refractivity contribution >= 4 is 15.9 Å². The summed E-state index contributed by atoms with van der Waals surface area (Å²) >= 11 is 3.45. The van der Waals surface area contributed by atoms with Crippen molar-refractivity contribution < 1.29 is 0 Å². The minimum atomic E-state index is 0.719. The zero-order valence-electron chi connectivity index (χ0n) is 12.2. The summed E-state index contributed by atoms with van der Waals surface area (Å²) in [4.78, 5) is 0. The van der Waals surface area contributed by atoms with E-state index in [9.17, 15) is 0 Å². The Morgan fingerprint density at radius 3 is 1.75 bits per heavy atom. The summed E-state index contributed by atoms with van der Waals surface area (Å²) in [7, 11) is 0. The third-order valence-electron chi connectivity index (χ3n) is 3.24. The van der Waals surface area contributed by atoms with Gasteiger partial charge in [0.1, 0.15) is 0 Å². The number of rotatable bonds is 6. The molecule has 2 aromatic rings. The first-order valence-corrected chi connectivity index (χ1v) is 7.96. The van der Waals surface area contributed by atoms with Gasteiger partial charge in [0, 0.05) is 17.6 Å². The molecule has 0 bridgehead atoms. The molecular formula is C18H22BrN. The van der Waals surface area contributed by atoms with Crippen LogP contribution in [0.4, 0.5) is 0 Å². The van der Waals surface area contributed by atoms with Crippen molar-refractivity contribution in [3.8, 4) is 0 Å². The number of halogens is 1. The quantitative estimate of drug-likeness (QED) is 0.790. The van der Waals surface area contributed by atoms with Crippen molar-refractivity contribution in [1.82, 2.24) is 5.32 Å². The van der Waals surface area contributed by atoms with E-state index in [1.54, 1.807) is 0 Å². The van der Waals surface area contributed by atoms with Crippen LogP contribution < -0.4 is 5.32 Å². The van der Waals surface area contributed by atoms with Crippen LogP contribution in [0.3, 0.4) is 0 Å². The predicted octanol–water partition coefficient (Wildman–Crippen LogP) is 4.94. The smallest absolute Gasteiger partial charge is 0.0208 e. The van der Waals surface area contributed by atoms with Gasteiger partial charge in [-0.15, -0.1) is 0 Å². The third-order valence-corrected chi connectivity index (χ3v) is 3.77. The summed E-state index contributed by atoms with van der Waals surface area (Å²) in [5.41, 5.74) is 4.08. The molecule has 0 fully saturated rings. The minimum Gasteiger partial charge on any atom is -0.309 e. The topological polar surface area (TPSA) is 12.0 Å². The molecule has 0 heterocycles. The molecule has 0 amide bonds. The molecule has 0 unspecified atom stereocenters. The van der Waals surface area contributed by atoms with Gasteiger partial charge in [-0.1, -0.05) is 66.2 Å². The Labute approximate surface area is 130 Å². The highest BCUT2D eigenvalue weighted by Crippen LogP contribution is 2.11. The highest BCUT2D eigenvalue weighted by Gasteiger charge is 1.99. The van der Waals surface area contributed by atoms with Gasteiger partial charge >= 0.3 is 0 Å². The van der Waals surface area contributed by atoms with Crippen molar-refractivity contribution in [2.24, 2.45) is 5.92 Å². The van der Waals surface area contributed by atoms with E-state index in [0.29, 0.717) is 0 Å². The normalized spacial score (nSPS) is 11.0. The molecule has 106 valence electrons. The molecule has 2 heteroatoms. The van der Waals surface area contributed by atoms with Crippen LogP contribution in [0.1, 0.15) is 30.5 Å². The molecule has 1 nitrogen and oxygen atoms in total. The maximum atomic E-state index is 3.48. The fourth-order valence-electron chi connectivity index (χ4n) is 2.22. The summed E-state index contributed by atoms with van der Waals surface area (Å²) < 4.78 is 1.13. The van der Waals surface area contributed by atoms with Crippen molar-refractivity contribution in [2.45, 2.75) is 33.4 Å². The van der Waals surface area contributed by atoms with Crippen LogP contribution in [0.15, 0.2) is 53.0 Å². The van der Waals surface area contributed by atoms with Crippen molar-refractivity contribution in [3.05, 3.63) is 69.7 Å². The highest BCUT2D eigenvalue weighted by molar-refractivity contribution is 9.10. The fraction of sp³-hybridized carbons (Fsp3) is 0.333. The Kier molecular flexibility index (Phi) is 5.81. The van der Waals surface area contributed by atoms with E-state index >= 15 is 0 Å². The first-order chi connectivity index (χ1) is 9.63. The molecule has 20 heavy (non-hydrogen) atoms. The van der Waals surface area contributed by atoms with E-state index in [1.807, 2.05) is 0 Å². The maximum Gasteiger partial charge on any atom is 0.0208 e. The molecule has 0 saturated heterocycles. The minimum absolute atomic E-state index is 0.719. The highest BCUT2D eigenvalue weighted by atomic mass is 79.9. The second kappa shape index (κ2) is 7.61. The lowest BCUT2D eigenvalue weighted by atomic mass is 10.0. The lowest BCUT2D eigenvalue weighted by Gasteiger charge is -2.08. The average molecular weight is 332 g/mol. The van der Waals surface area contributed by atoms with Crippen LogP contribution >= 0.6 is 15.9 Å². The Balaban J connectivity index is 1.80. The Hall–Kier alpha value is -1.12. The number of hydrogen-bond acceptors (Lipinski definition) is 1. The van der Waals surface area contributed by atoms with Crippen LogP contribution in [0, 0.1) is 5.92 Å².